The van der Waals surface area contributed by atoms with Crippen LogP contribution in [0.3, 0.4) is 0 Å². The molecule has 1 aromatic heterocycles. The molecule has 0 amide bonds. The van der Waals surface area contributed by atoms with Gasteiger partial charge < -0.3 is 4.74 Å². The third-order valence-corrected chi connectivity index (χ3v) is 3.21. The summed E-state index contributed by atoms with van der Waals surface area (Å²) >= 11 is 0. The molecule has 4 nitrogen and oxygen atoms in total. The molecular formula is C17H23NO3. The summed E-state index contributed by atoms with van der Waals surface area (Å²) in [6.45, 7) is 0.358. The molecule has 0 aromatic carbocycles. The molecule has 0 unspecified atom stereocenters. The summed E-state index contributed by atoms with van der Waals surface area (Å²) in [5, 5.41) is 0. The summed E-state index contributed by atoms with van der Waals surface area (Å²) in [6.07, 6.45) is 14.6. The van der Waals surface area contributed by atoms with E-state index in [1.54, 1.807) is 12.1 Å². The number of hydrogen-bond donors (Lipinski definition) is 0. The number of aromatic nitrogens is 1. The molecule has 1 rings (SSSR count). The number of carbonyl (C=O) groups excluding carboxylic acids is 1. The number of nitrogens with zero attached hydrogens (tertiary/aromatic N) is 1. The average molecular weight is 289 g/mol. The minimum Gasteiger partial charge on any atom is -0.449 e. The third kappa shape index (κ3) is 7.36. The molecule has 0 aliphatic rings. The van der Waals surface area contributed by atoms with E-state index in [9.17, 15) is 9.59 Å². The van der Waals surface area contributed by atoms with Crippen LogP contribution in [0.5, 0.6) is 0 Å². The quantitative estimate of drug-likeness (QED) is 0.515. The van der Waals surface area contributed by atoms with E-state index >= 15 is 0 Å². The van der Waals surface area contributed by atoms with Crippen molar-refractivity contribution in [2.45, 2.75) is 51.4 Å². The van der Waals surface area contributed by atoms with Crippen molar-refractivity contribution in [1.29, 1.82) is 0 Å². The Bertz CT molecular complexity index is 513. The highest BCUT2D eigenvalue weighted by molar-refractivity contribution is 5.70. The lowest BCUT2D eigenvalue weighted by atomic mass is 10.1. The van der Waals surface area contributed by atoms with Crippen molar-refractivity contribution in [2.24, 2.45) is 0 Å². The normalized spacial score (nSPS) is 10.0. The lowest BCUT2D eigenvalue weighted by Gasteiger charge is -2.06. The van der Waals surface area contributed by atoms with Gasteiger partial charge in [0.05, 0.1) is 6.61 Å². The maximum atomic E-state index is 11.6. The Morgan fingerprint density at radius 2 is 1.76 bits per heavy atom. The number of pyridine rings is 1. The minimum atomic E-state index is -0.602. The van der Waals surface area contributed by atoms with Crippen molar-refractivity contribution in [3.05, 3.63) is 34.7 Å². The molecule has 0 fully saturated rings. The van der Waals surface area contributed by atoms with E-state index in [2.05, 4.69) is 5.92 Å². The van der Waals surface area contributed by atoms with Crippen LogP contribution in [-0.4, -0.2) is 17.3 Å². The summed E-state index contributed by atoms with van der Waals surface area (Å²) in [7, 11) is 0. The first-order valence-electron chi connectivity index (χ1n) is 7.54. The highest BCUT2D eigenvalue weighted by Crippen LogP contribution is 2.08. The van der Waals surface area contributed by atoms with E-state index in [-0.39, 0.29) is 5.56 Å². The number of carbonyl (C=O) groups is 1. The summed E-state index contributed by atoms with van der Waals surface area (Å²) in [5.74, 6) is 2.64. The number of unbranched alkanes of at least 4 members (excludes halogenated alkanes) is 7. The third-order valence-electron chi connectivity index (χ3n) is 3.21. The molecule has 114 valence electrons. The van der Waals surface area contributed by atoms with E-state index < -0.39 is 6.09 Å². The molecular weight excluding hydrogens is 266 g/mol. The Labute approximate surface area is 126 Å². The molecule has 0 aliphatic carbocycles. The Kier molecular flexibility index (Phi) is 8.70. The van der Waals surface area contributed by atoms with Gasteiger partial charge in [-0.1, -0.05) is 38.2 Å². The summed E-state index contributed by atoms with van der Waals surface area (Å²) in [4.78, 5) is 23.0. The van der Waals surface area contributed by atoms with Crippen molar-refractivity contribution in [3.63, 3.8) is 0 Å². The molecule has 0 atom stereocenters. The largest absolute Gasteiger partial charge is 0.449 e. The van der Waals surface area contributed by atoms with Gasteiger partial charge in [0.2, 0.25) is 0 Å². The molecule has 4 heteroatoms. The zero-order chi connectivity index (χ0) is 15.3. The number of ether oxygens (including phenoxy) is 1. The average Bonchev–Trinajstić information content (AvgIpc) is 2.49. The van der Waals surface area contributed by atoms with Crippen LogP contribution in [0, 0.1) is 12.3 Å². The van der Waals surface area contributed by atoms with Gasteiger partial charge in [-0.05, 0) is 18.9 Å². The molecule has 0 radical (unpaired) electrons. The zero-order valence-electron chi connectivity index (χ0n) is 12.4. The standard InChI is InChI=1S/C17H23NO3/c1-2-3-4-5-6-7-8-9-12-15-21-17(20)18-14-11-10-13-16(18)19/h1,10-11,13-14H,3-9,12,15H2. The first kappa shape index (κ1) is 17.0. The first-order valence-corrected chi connectivity index (χ1v) is 7.54. The van der Waals surface area contributed by atoms with Crippen LogP contribution in [0.2, 0.25) is 0 Å². The van der Waals surface area contributed by atoms with Gasteiger partial charge in [-0.25, -0.2) is 9.36 Å². The Morgan fingerprint density at radius 3 is 2.43 bits per heavy atom. The van der Waals surface area contributed by atoms with E-state index in [0.717, 1.165) is 36.7 Å². The number of hydrogen-bond acceptors (Lipinski definition) is 3. The van der Waals surface area contributed by atoms with E-state index in [4.69, 9.17) is 11.2 Å². The van der Waals surface area contributed by atoms with Gasteiger partial charge in [-0.2, -0.15) is 0 Å². The summed E-state index contributed by atoms with van der Waals surface area (Å²) in [5.41, 5.74) is -0.366. The molecule has 0 saturated heterocycles. The van der Waals surface area contributed by atoms with Crippen molar-refractivity contribution in [2.75, 3.05) is 6.61 Å². The second-order valence-corrected chi connectivity index (χ2v) is 4.95. The van der Waals surface area contributed by atoms with Gasteiger partial charge >= 0.3 is 6.09 Å². The van der Waals surface area contributed by atoms with E-state index in [1.807, 2.05) is 0 Å². The van der Waals surface area contributed by atoms with Crippen molar-refractivity contribution in [1.82, 2.24) is 4.57 Å². The SMILES string of the molecule is C#CCCCCCCCCCOC(=O)n1ccccc1=O. The van der Waals surface area contributed by atoms with Gasteiger partial charge in [0.25, 0.3) is 5.56 Å². The van der Waals surface area contributed by atoms with E-state index in [1.165, 1.54) is 31.5 Å². The van der Waals surface area contributed by atoms with Gasteiger partial charge in [0.15, 0.2) is 0 Å². The summed E-state index contributed by atoms with van der Waals surface area (Å²) < 4.78 is 6.05. The van der Waals surface area contributed by atoms with Gasteiger partial charge in [-0.15, -0.1) is 12.3 Å². The van der Waals surface area contributed by atoms with Gasteiger partial charge in [-0.3, -0.25) is 4.79 Å². The van der Waals surface area contributed by atoms with Crippen molar-refractivity contribution >= 4 is 6.09 Å². The molecule has 0 N–H and O–H groups in total. The molecule has 21 heavy (non-hydrogen) atoms. The predicted octanol–water partition coefficient (Wildman–Crippen LogP) is 3.59. The maximum absolute atomic E-state index is 11.6. The minimum absolute atomic E-state index is 0.358. The second kappa shape index (κ2) is 10.7. The van der Waals surface area contributed by atoms with Crippen LogP contribution in [-0.2, 0) is 4.74 Å². The second-order valence-electron chi connectivity index (χ2n) is 4.95. The van der Waals surface area contributed by atoms with Crippen LogP contribution < -0.4 is 5.56 Å². The summed E-state index contributed by atoms with van der Waals surface area (Å²) in [6, 6.07) is 4.56. The molecule has 0 saturated carbocycles. The van der Waals surface area contributed by atoms with Crippen molar-refractivity contribution < 1.29 is 9.53 Å². The highest BCUT2D eigenvalue weighted by atomic mass is 16.5. The Morgan fingerprint density at radius 1 is 1.10 bits per heavy atom. The van der Waals surface area contributed by atoms with Crippen LogP contribution in [0.25, 0.3) is 0 Å². The fourth-order valence-electron chi connectivity index (χ4n) is 2.02. The van der Waals surface area contributed by atoms with Crippen LogP contribution in [0.15, 0.2) is 29.2 Å². The maximum Gasteiger partial charge on any atom is 0.420 e. The highest BCUT2D eigenvalue weighted by Gasteiger charge is 2.06. The van der Waals surface area contributed by atoms with Crippen LogP contribution >= 0.6 is 0 Å². The topological polar surface area (TPSA) is 48.3 Å². The Hall–Kier alpha value is -2.02. The lowest BCUT2D eigenvalue weighted by molar-refractivity contribution is 0.144. The van der Waals surface area contributed by atoms with Crippen LogP contribution in [0.1, 0.15) is 51.4 Å². The lowest BCUT2D eigenvalue weighted by Crippen LogP contribution is -2.26. The fraction of sp³-hybridized carbons (Fsp3) is 0.529. The number of rotatable bonds is 9. The smallest absolute Gasteiger partial charge is 0.420 e. The monoisotopic (exact) mass is 289 g/mol. The van der Waals surface area contributed by atoms with Gasteiger partial charge in [0, 0.05) is 18.7 Å². The molecule has 1 heterocycles. The molecule has 0 spiro atoms. The van der Waals surface area contributed by atoms with Gasteiger partial charge in [0.1, 0.15) is 0 Å². The molecule has 0 bridgehead atoms. The first-order chi connectivity index (χ1) is 10.3. The molecule has 0 aliphatic heterocycles. The number of terminal acetylenes is 1. The fourth-order valence-corrected chi connectivity index (χ4v) is 2.02. The molecule has 1 aromatic rings. The van der Waals surface area contributed by atoms with Crippen molar-refractivity contribution in [3.8, 4) is 12.3 Å². The Balaban J connectivity index is 2.02. The van der Waals surface area contributed by atoms with E-state index in [0.29, 0.717) is 6.61 Å². The predicted molar refractivity (Wildman–Crippen MR) is 83.2 cm³/mol. The van der Waals surface area contributed by atoms with Crippen LogP contribution in [0.4, 0.5) is 4.79 Å². The zero-order valence-corrected chi connectivity index (χ0v) is 12.4.